The molecule has 1 aliphatic heterocycles. The molecule has 0 bridgehead atoms. The van der Waals surface area contributed by atoms with E-state index in [1.807, 2.05) is 0 Å². The summed E-state index contributed by atoms with van der Waals surface area (Å²) in [6.45, 7) is 3.02. The molecule has 11 heteroatoms. The molecule has 4 rings (SSSR count). The molecule has 2 fully saturated rings. The number of aliphatic hydroxyl groups excluding tert-OH is 1. The minimum atomic E-state index is -1.36. The standard InChI is InChI=1S/C27H32N4O7/c1-14-22(33)19(12-16-6-5-11-28-13-16)30-25(35)21(31-24(34)18-7-3-4-8-20(18)32)15(2)29-26(36)23(17-9-10-17)38-27(14)37/h3-8,11,13-15,17,19,21-23,32-33H,9-10,12H2,1-2H3,(H,29,36)(H,30,35)(H,31,34). The number of cyclic esters (lactones) is 1. The van der Waals surface area contributed by atoms with E-state index in [4.69, 9.17) is 4.74 Å². The molecule has 5 N–H and O–H groups in total. The van der Waals surface area contributed by atoms with Gasteiger partial charge in [-0.1, -0.05) is 18.2 Å². The SMILES string of the molecule is CC1NC(=O)C(C2CC2)OC(=O)C(C)C(O)C(Cc2cccnc2)NC(=O)C1NC(=O)c1ccccc1O. The van der Waals surface area contributed by atoms with E-state index in [1.165, 1.54) is 19.1 Å². The molecular formula is C27H32N4O7. The summed E-state index contributed by atoms with van der Waals surface area (Å²) < 4.78 is 5.56. The fourth-order valence-electron chi connectivity index (χ4n) is 4.48. The van der Waals surface area contributed by atoms with Gasteiger partial charge >= 0.3 is 5.97 Å². The number of hydrogen-bond acceptors (Lipinski definition) is 8. The van der Waals surface area contributed by atoms with Crippen molar-refractivity contribution in [3.63, 3.8) is 0 Å². The molecule has 6 unspecified atom stereocenters. The van der Waals surface area contributed by atoms with Crippen molar-refractivity contribution in [3.8, 4) is 5.75 Å². The molecule has 3 amide bonds. The van der Waals surface area contributed by atoms with Gasteiger partial charge in [0, 0.05) is 18.3 Å². The number of rotatable bonds is 5. The van der Waals surface area contributed by atoms with Crippen molar-refractivity contribution in [2.75, 3.05) is 0 Å². The Morgan fingerprint density at radius 3 is 2.47 bits per heavy atom. The quantitative estimate of drug-likeness (QED) is 0.352. The van der Waals surface area contributed by atoms with Crippen LogP contribution in [0.2, 0.25) is 0 Å². The average Bonchev–Trinajstić information content (AvgIpc) is 3.74. The number of pyridine rings is 1. The highest BCUT2D eigenvalue weighted by Crippen LogP contribution is 2.35. The molecule has 2 heterocycles. The van der Waals surface area contributed by atoms with Crippen LogP contribution in [0.3, 0.4) is 0 Å². The maximum atomic E-state index is 13.6. The second-order valence-electron chi connectivity index (χ2n) is 9.92. The Morgan fingerprint density at radius 2 is 1.82 bits per heavy atom. The van der Waals surface area contributed by atoms with E-state index in [-0.39, 0.29) is 23.7 Å². The molecule has 0 radical (unpaired) electrons. The summed E-state index contributed by atoms with van der Waals surface area (Å²) in [5.41, 5.74) is 0.659. The molecule has 11 nitrogen and oxygen atoms in total. The zero-order chi connectivity index (χ0) is 27.4. The minimum Gasteiger partial charge on any atom is -0.507 e. The summed E-state index contributed by atoms with van der Waals surface area (Å²) >= 11 is 0. The Balaban J connectivity index is 1.66. The van der Waals surface area contributed by atoms with Gasteiger partial charge in [0.1, 0.15) is 11.8 Å². The Bertz CT molecular complexity index is 1190. The lowest BCUT2D eigenvalue weighted by atomic mass is 9.92. The summed E-state index contributed by atoms with van der Waals surface area (Å²) in [6.07, 6.45) is 2.29. The number of benzene rings is 1. The number of para-hydroxylation sites is 1. The van der Waals surface area contributed by atoms with Crippen LogP contribution in [0.25, 0.3) is 0 Å². The fourth-order valence-corrected chi connectivity index (χ4v) is 4.48. The van der Waals surface area contributed by atoms with Crippen LogP contribution < -0.4 is 16.0 Å². The number of aromatic hydroxyl groups is 1. The van der Waals surface area contributed by atoms with Gasteiger partial charge in [-0.25, -0.2) is 0 Å². The summed E-state index contributed by atoms with van der Waals surface area (Å²) in [7, 11) is 0. The van der Waals surface area contributed by atoms with E-state index >= 15 is 0 Å². The van der Waals surface area contributed by atoms with Crippen LogP contribution in [0.4, 0.5) is 0 Å². The van der Waals surface area contributed by atoms with Crippen LogP contribution in [0.5, 0.6) is 5.75 Å². The normalized spacial score (nSPS) is 28.7. The predicted octanol–water partition coefficient (Wildman–Crippen LogP) is 0.450. The summed E-state index contributed by atoms with van der Waals surface area (Å²) in [5, 5.41) is 29.3. The largest absolute Gasteiger partial charge is 0.507 e. The van der Waals surface area contributed by atoms with Crippen LogP contribution in [-0.2, 0) is 25.5 Å². The van der Waals surface area contributed by atoms with Crippen molar-refractivity contribution >= 4 is 23.7 Å². The second-order valence-corrected chi connectivity index (χ2v) is 9.92. The van der Waals surface area contributed by atoms with Gasteiger partial charge in [0.05, 0.1) is 29.7 Å². The van der Waals surface area contributed by atoms with Gasteiger partial charge < -0.3 is 30.9 Å². The molecule has 1 saturated carbocycles. The Kier molecular flexibility index (Phi) is 8.26. The van der Waals surface area contributed by atoms with Crippen molar-refractivity contribution < 1.29 is 34.1 Å². The van der Waals surface area contributed by atoms with Crippen molar-refractivity contribution in [1.82, 2.24) is 20.9 Å². The van der Waals surface area contributed by atoms with Crippen LogP contribution in [0.15, 0.2) is 48.8 Å². The first kappa shape index (κ1) is 27.1. The van der Waals surface area contributed by atoms with E-state index in [0.717, 1.165) is 0 Å². The van der Waals surface area contributed by atoms with Gasteiger partial charge in [0.15, 0.2) is 6.10 Å². The number of nitrogens with one attached hydrogen (secondary N) is 3. The number of hydrogen-bond donors (Lipinski definition) is 5. The van der Waals surface area contributed by atoms with Crippen LogP contribution >= 0.6 is 0 Å². The zero-order valence-electron chi connectivity index (χ0n) is 21.2. The highest BCUT2D eigenvalue weighted by molar-refractivity contribution is 6.00. The number of carbonyl (C=O) groups is 4. The predicted molar refractivity (Wildman–Crippen MR) is 135 cm³/mol. The summed E-state index contributed by atoms with van der Waals surface area (Å²) in [4.78, 5) is 56.7. The van der Waals surface area contributed by atoms with E-state index in [2.05, 4.69) is 20.9 Å². The molecule has 38 heavy (non-hydrogen) atoms. The minimum absolute atomic E-state index is 0.0460. The molecule has 1 saturated heterocycles. The molecule has 1 aliphatic carbocycles. The monoisotopic (exact) mass is 524 g/mol. The van der Waals surface area contributed by atoms with Crippen molar-refractivity contribution in [2.45, 2.75) is 63.4 Å². The van der Waals surface area contributed by atoms with E-state index in [1.54, 1.807) is 43.6 Å². The lowest BCUT2D eigenvalue weighted by molar-refractivity contribution is -0.165. The van der Waals surface area contributed by atoms with Gasteiger partial charge in [-0.3, -0.25) is 24.2 Å². The summed E-state index contributed by atoms with van der Waals surface area (Å²) in [6, 6.07) is 6.21. The van der Waals surface area contributed by atoms with E-state index < -0.39 is 59.9 Å². The lowest BCUT2D eigenvalue weighted by Crippen LogP contribution is -2.62. The fraction of sp³-hybridized carbons (Fsp3) is 0.444. The molecule has 0 spiro atoms. The average molecular weight is 525 g/mol. The molecule has 2 aromatic rings. The highest BCUT2D eigenvalue weighted by atomic mass is 16.6. The Labute approximate surface area is 220 Å². The topological polar surface area (TPSA) is 167 Å². The smallest absolute Gasteiger partial charge is 0.312 e. The molecule has 1 aromatic heterocycles. The first-order valence-corrected chi connectivity index (χ1v) is 12.6. The first-order chi connectivity index (χ1) is 18.2. The maximum Gasteiger partial charge on any atom is 0.312 e. The first-order valence-electron chi connectivity index (χ1n) is 12.6. The van der Waals surface area contributed by atoms with Crippen molar-refractivity contribution in [2.24, 2.45) is 11.8 Å². The van der Waals surface area contributed by atoms with Crippen molar-refractivity contribution in [3.05, 3.63) is 59.9 Å². The number of aliphatic hydroxyl groups is 1. The van der Waals surface area contributed by atoms with E-state index in [9.17, 15) is 29.4 Å². The van der Waals surface area contributed by atoms with Gasteiger partial charge in [-0.15, -0.1) is 0 Å². The third-order valence-electron chi connectivity index (χ3n) is 6.94. The third-order valence-corrected chi connectivity index (χ3v) is 6.94. The second kappa shape index (κ2) is 11.6. The van der Waals surface area contributed by atoms with Crippen LogP contribution in [-0.4, -0.2) is 69.2 Å². The molecule has 6 atom stereocenters. The number of nitrogens with zero attached hydrogens (tertiary/aromatic N) is 1. The molecule has 202 valence electrons. The summed E-state index contributed by atoms with van der Waals surface area (Å²) in [5.74, 6) is -4.22. The molecule has 2 aliphatic rings. The number of amides is 3. The third kappa shape index (κ3) is 6.28. The Hall–Kier alpha value is -3.99. The van der Waals surface area contributed by atoms with Crippen LogP contribution in [0, 0.1) is 11.8 Å². The number of ether oxygens (including phenoxy) is 1. The zero-order valence-corrected chi connectivity index (χ0v) is 21.2. The molecule has 1 aromatic carbocycles. The number of phenolic OH excluding ortho intramolecular Hbond substituents is 1. The molecular weight excluding hydrogens is 492 g/mol. The van der Waals surface area contributed by atoms with Gasteiger partial charge in [0.2, 0.25) is 5.91 Å². The van der Waals surface area contributed by atoms with Gasteiger partial charge in [-0.2, -0.15) is 0 Å². The van der Waals surface area contributed by atoms with E-state index in [0.29, 0.717) is 18.4 Å². The highest BCUT2D eigenvalue weighted by Gasteiger charge is 2.44. The number of phenols is 1. The number of aromatic nitrogens is 1. The van der Waals surface area contributed by atoms with Crippen molar-refractivity contribution in [1.29, 1.82) is 0 Å². The van der Waals surface area contributed by atoms with Gasteiger partial charge in [-0.05, 0) is 56.9 Å². The number of esters is 1. The maximum absolute atomic E-state index is 13.6. The van der Waals surface area contributed by atoms with Crippen LogP contribution in [0.1, 0.15) is 42.6 Å². The van der Waals surface area contributed by atoms with Gasteiger partial charge in [0.25, 0.3) is 11.8 Å². The Morgan fingerprint density at radius 1 is 1.08 bits per heavy atom. The lowest BCUT2D eigenvalue weighted by Gasteiger charge is -2.33. The number of carbonyl (C=O) groups excluding carboxylic acids is 4.